The molecule has 1 atom stereocenters. The van der Waals surface area contributed by atoms with Crippen molar-refractivity contribution in [1.82, 2.24) is 15.0 Å². The molecule has 0 saturated carbocycles. The van der Waals surface area contributed by atoms with Gasteiger partial charge in [-0.05, 0) is 6.42 Å². The van der Waals surface area contributed by atoms with Crippen molar-refractivity contribution in [3.05, 3.63) is 11.9 Å². The second kappa shape index (κ2) is 5.69. The van der Waals surface area contributed by atoms with Crippen LogP contribution in [-0.4, -0.2) is 45.5 Å². The van der Waals surface area contributed by atoms with Gasteiger partial charge >= 0.3 is 0 Å². The Balaban J connectivity index is 2.61. The maximum atomic E-state index is 9.60. The van der Waals surface area contributed by atoms with E-state index in [1.54, 1.807) is 4.68 Å². The second-order valence-corrected chi connectivity index (χ2v) is 2.93. The van der Waals surface area contributed by atoms with Crippen LogP contribution in [-0.2, 0) is 11.3 Å². The molecule has 0 saturated heterocycles. The molecule has 0 aromatic carbocycles. The van der Waals surface area contributed by atoms with Gasteiger partial charge < -0.3 is 14.9 Å². The summed E-state index contributed by atoms with van der Waals surface area (Å²) in [6.45, 7) is 0.860. The Morgan fingerprint density at radius 3 is 3.07 bits per heavy atom. The number of methoxy groups -OCH3 is 1. The Bertz CT molecular complexity index is 264. The highest BCUT2D eigenvalue weighted by Gasteiger charge is 2.13. The van der Waals surface area contributed by atoms with Gasteiger partial charge in [0.1, 0.15) is 6.10 Å². The lowest BCUT2D eigenvalue weighted by Crippen LogP contribution is -2.13. The third-order valence-electron chi connectivity index (χ3n) is 1.84. The molecule has 0 amide bonds. The molecule has 1 aromatic heterocycles. The predicted molar refractivity (Wildman–Crippen MR) is 48.6 cm³/mol. The Kier molecular flexibility index (Phi) is 4.51. The summed E-state index contributed by atoms with van der Waals surface area (Å²) in [5.41, 5.74) is 0.611. The number of aliphatic hydroxyl groups is 2. The van der Waals surface area contributed by atoms with E-state index in [0.29, 0.717) is 18.7 Å². The molecule has 0 spiro atoms. The Hall–Kier alpha value is -0.980. The Morgan fingerprint density at radius 2 is 2.43 bits per heavy atom. The maximum Gasteiger partial charge on any atom is 0.120 e. The van der Waals surface area contributed by atoms with E-state index in [9.17, 15) is 5.11 Å². The van der Waals surface area contributed by atoms with Gasteiger partial charge in [0, 0.05) is 20.3 Å². The summed E-state index contributed by atoms with van der Waals surface area (Å²) in [6, 6.07) is 0. The van der Waals surface area contributed by atoms with E-state index in [4.69, 9.17) is 9.84 Å². The van der Waals surface area contributed by atoms with E-state index in [1.807, 2.05) is 0 Å². The monoisotopic (exact) mass is 201 g/mol. The molecular weight excluding hydrogens is 186 g/mol. The van der Waals surface area contributed by atoms with Gasteiger partial charge in [-0.2, -0.15) is 0 Å². The highest BCUT2D eigenvalue weighted by Crippen LogP contribution is 2.11. The number of ether oxygens (including phenoxy) is 1. The van der Waals surface area contributed by atoms with Crippen LogP contribution in [0.2, 0.25) is 0 Å². The van der Waals surface area contributed by atoms with Gasteiger partial charge in [-0.15, -0.1) is 5.10 Å². The van der Waals surface area contributed by atoms with Crippen LogP contribution in [0.3, 0.4) is 0 Å². The van der Waals surface area contributed by atoms with Crippen LogP contribution >= 0.6 is 0 Å². The van der Waals surface area contributed by atoms with Crippen molar-refractivity contribution in [3.8, 4) is 0 Å². The van der Waals surface area contributed by atoms with Crippen molar-refractivity contribution in [2.24, 2.45) is 0 Å². The fraction of sp³-hybridized carbons (Fsp3) is 0.750. The van der Waals surface area contributed by atoms with E-state index in [2.05, 4.69) is 10.3 Å². The smallest absolute Gasteiger partial charge is 0.120 e. The molecule has 0 bridgehead atoms. The van der Waals surface area contributed by atoms with Gasteiger partial charge in [-0.3, -0.25) is 0 Å². The minimum Gasteiger partial charge on any atom is -0.396 e. The molecule has 6 heteroatoms. The van der Waals surface area contributed by atoms with E-state index in [0.717, 1.165) is 0 Å². The third-order valence-corrected chi connectivity index (χ3v) is 1.84. The van der Waals surface area contributed by atoms with Gasteiger partial charge in [0.25, 0.3) is 0 Å². The number of rotatable bonds is 6. The lowest BCUT2D eigenvalue weighted by molar-refractivity contribution is 0.0583. The molecule has 0 aliphatic heterocycles. The molecule has 1 heterocycles. The fourth-order valence-electron chi connectivity index (χ4n) is 1.16. The number of hydrogen-bond donors (Lipinski definition) is 2. The van der Waals surface area contributed by atoms with Crippen molar-refractivity contribution in [3.63, 3.8) is 0 Å². The average Bonchev–Trinajstić information content (AvgIpc) is 2.63. The summed E-state index contributed by atoms with van der Waals surface area (Å²) in [5, 5.41) is 25.7. The minimum absolute atomic E-state index is 0.0969. The number of aromatic nitrogens is 3. The zero-order valence-corrected chi connectivity index (χ0v) is 8.13. The molecule has 6 nitrogen and oxygen atoms in total. The highest BCUT2D eigenvalue weighted by atomic mass is 16.5. The molecule has 1 rings (SSSR count). The number of aliphatic hydroxyl groups excluding tert-OH is 2. The van der Waals surface area contributed by atoms with Gasteiger partial charge in [0.05, 0.1) is 18.5 Å². The van der Waals surface area contributed by atoms with E-state index < -0.39 is 6.10 Å². The number of nitrogens with zero attached hydrogens (tertiary/aromatic N) is 3. The normalized spacial score (nSPS) is 13.1. The second-order valence-electron chi connectivity index (χ2n) is 2.93. The molecule has 0 aliphatic carbocycles. The van der Waals surface area contributed by atoms with Crippen LogP contribution in [0.4, 0.5) is 0 Å². The average molecular weight is 201 g/mol. The first-order chi connectivity index (χ1) is 6.79. The quantitative estimate of drug-likeness (QED) is 0.638. The topological polar surface area (TPSA) is 80.4 Å². The largest absolute Gasteiger partial charge is 0.396 e. The first kappa shape index (κ1) is 11.1. The molecule has 1 aromatic rings. The van der Waals surface area contributed by atoms with Gasteiger partial charge in [0.2, 0.25) is 0 Å². The van der Waals surface area contributed by atoms with Crippen molar-refractivity contribution < 1.29 is 14.9 Å². The molecular formula is C8H15N3O3. The van der Waals surface area contributed by atoms with Gasteiger partial charge in [0.15, 0.2) is 0 Å². The molecule has 1 unspecified atom stereocenters. The fourth-order valence-corrected chi connectivity index (χ4v) is 1.16. The molecule has 80 valence electrons. The molecule has 0 aliphatic rings. The van der Waals surface area contributed by atoms with Gasteiger partial charge in [-0.1, -0.05) is 5.21 Å². The van der Waals surface area contributed by atoms with Gasteiger partial charge in [-0.25, -0.2) is 4.68 Å². The number of hydrogen-bond acceptors (Lipinski definition) is 5. The van der Waals surface area contributed by atoms with E-state index in [-0.39, 0.29) is 13.2 Å². The predicted octanol–water partition coefficient (Wildman–Crippen LogP) is -0.660. The van der Waals surface area contributed by atoms with Crippen LogP contribution < -0.4 is 0 Å². The standard InChI is InChI=1S/C8H15N3O3/c1-14-6-8(13)7-5-9-10-11(7)3-2-4-12/h5,8,12-13H,2-4,6H2,1H3. The lowest BCUT2D eigenvalue weighted by Gasteiger charge is -2.10. The Labute approximate surface area is 82.1 Å². The van der Waals surface area contributed by atoms with E-state index in [1.165, 1.54) is 13.3 Å². The summed E-state index contributed by atoms with van der Waals surface area (Å²) in [7, 11) is 1.52. The summed E-state index contributed by atoms with van der Waals surface area (Å²) in [4.78, 5) is 0. The summed E-state index contributed by atoms with van der Waals surface area (Å²) < 4.78 is 6.39. The highest BCUT2D eigenvalue weighted by molar-refractivity contribution is 4.98. The first-order valence-corrected chi connectivity index (χ1v) is 4.45. The summed E-state index contributed by atoms with van der Waals surface area (Å²) >= 11 is 0. The lowest BCUT2D eigenvalue weighted by atomic mass is 10.3. The molecule has 14 heavy (non-hydrogen) atoms. The van der Waals surface area contributed by atoms with Crippen LogP contribution in [0, 0.1) is 0 Å². The number of aryl methyl sites for hydroxylation is 1. The SMILES string of the molecule is COCC(O)c1cnnn1CCCO. The third kappa shape index (κ3) is 2.76. The molecule has 2 N–H and O–H groups in total. The van der Waals surface area contributed by atoms with Crippen molar-refractivity contribution >= 4 is 0 Å². The summed E-state index contributed by atoms with van der Waals surface area (Å²) in [5.74, 6) is 0. The van der Waals surface area contributed by atoms with Crippen molar-refractivity contribution in [2.75, 3.05) is 20.3 Å². The van der Waals surface area contributed by atoms with Crippen molar-refractivity contribution in [1.29, 1.82) is 0 Å². The van der Waals surface area contributed by atoms with Crippen LogP contribution in [0.5, 0.6) is 0 Å². The Morgan fingerprint density at radius 1 is 1.64 bits per heavy atom. The summed E-state index contributed by atoms with van der Waals surface area (Å²) in [6.07, 6.45) is 1.38. The first-order valence-electron chi connectivity index (χ1n) is 4.45. The maximum absolute atomic E-state index is 9.60. The molecule has 0 fully saturated rings. The minimum atomic E-state index is -0.714. The zero-order valence-electron chi connectivity index (χ0n) is 8.13. The molecule has 0 radical (unpaired) electrons. The zero-order chi connectivity index (χ0) is 10.4. The van der Waals surface area contributed by atoms with Crippen LogP contribution in [0.25, 0.3) is 0 Å². The van der Waals surface area contributed by atoms with E-state index >= 15 is 0 Å². The van der Waals surface area contributed by atoms with Crippen LogP contribution in [0.1, 0.15) is 18.2 Å². The van der Waals surface area contributed by atoms with Crippen molar-refractivity contribution in [2.45, 2.75) is 19.1 Å². The van der Waals surface area contributed by atoms with Crippen LogP contribution in [0.15, 0.2) is 6.20 Å².